The lowest BCUT2D eigenvalue weighted by atomic mass is 9.96. The molecule has 0 aromatic heterocycles. The molecule has 1 aromatic carbocycles. The number of piperidine rings is 1. The van der Waals surface area contributed by atoms with Gasteiger partial charge in [-0.15, -0.1) is 0 Å². The topological polar surface area (TPSA) is 139 Å². The highest BCUT2D eigenvalue weighted by atomic mass is 16.2. The van der Waals surface area contributed by atoms with Crippen LogP contribution in [0.1, 0.15) is 93.1 Å². The Morgan fingerprint density at radius 2 is 1.29 bits per heavy atom. The third-order valence-corrected chi connectivity index (χ3v) is 10.3. The third-order valence-electron chi connectivity index (χ3n) is 10.3. The molecule has 1 saturated heterocycles. The average Bonchev–Trinajstić information content (AvgIpc) is 3.11. The lowest BCUT2D eigenvalue weighted by Crippen LogP contribution is -2.61. The van der Waals surface area contributed by atoms with Crippen molar-refractivity contribution >= 4 is 35.4 Å². The molecule has 6 amide bonds. The Bertz CT molecular complexity index is 1330. The van der Waals surface area contributed by atoms with Crippen LogP contribution in [0.25, 0.3) is 0 Å². The summed E-state index contributed by atoms with van der Waals surface area (Å²) in [4.78, 5) is 87.6. The molecule has 1 fully saturated rings. The van der Waals surface area contributed by atoms with Gasteiger partial charge in [-0.1, -0.05) is 78.3 Å². The first kappa shape index (κ1) is 43.2. The fraction of sp³-hybridized carbons (Fsp3) is 0.692. The van der Waals surface area contributed by atoms with Crippen LogP contribution in [-0.2, 0) is 35.2 Å². The Morgan fingerprint density at radius 1 is 0.725 bits per heavy atom. The quantitative estimate of drug-likeness (QED) is 0.254. The van der Waals surface area contributed by atoms with E-state index in [9.17, 15) is 28.8 Å². The zero-order valence-corrected chi connectivity index (χ0v) is 32.9. The van der Waals surface area contributed by atoms with E-state index in [-0.39, 0.29) is 41.9 Å². The molecule has 1 aliphatic heterocycles. The van der Waals surface area contributed by atoms with Crippen LogP contribution in [0.4, 0.5) is 0 Å². The van der Waals surface area contributed by atoms with Crippen molar-refractivity contribution < 1.29 is 28.8 Å². The van der Waals surface area contributed by atoms with E-state index in [1.165, 1.54) is 28.7 Å². The highest BCUT2D eigenvalue weighted by Gasteiger charge is 2.39. The van der Waals surface area contributed by atoms with Crippen LogP contribution >= 0.6 is 0 Å². The zero-order valence-electron chi connectivity index (χ0n) is 32.9. The maximum absolute atomic E-state index is 14.2. The van der Waals surface area contributed by atoms with Gasteiger partial charge in [-0.3, -0.25) is 28.8 Å². The normalized spacial score (nSPS) is 16.7. The van der Waals surface area contributed by atoms with Gasteiger partial charge in [-0.2, -0.15) is 0 Å². The van der Waals surface area contributed by atoms with Gasteiger partial charge in [0.2, 0.25) is 35.4 Å². The Morgan fingerprint density at radius 3 is 1.80 bits per heavy atom. The van der Waals surface area contributed by atoms with Crippen molar-refractivity contribution in [1.82, 2.24) is 30.2 Å². The van der Waals surface area contributed by atoms with E-state index >= 15 is 0 Å². The molecule has 1 heterocycles. The van der Waals surface area contributed by atoms with Gasteiger partial charge in [0.15, 0.2) is 0 Å². The molecule has 12 nitrogen and oxygen atoms in total. The Kier molecular flexibility index (Phi) is 17.1. The van der Waals surface area contributed by atoms with Crippen LogP contribution in [0.5, 0.6) is 0 Å². The molecule has 2 rings (SSSR count). The first-order valence-corrected chi connectivity index (χ1v) is 18.6. The summed E-state index contributed by atoms with van der Waals surface area (Å²) in [5, 5.41) is 5.85. The van der Waals surface area contributed by atoms with E-state index in [1.54, 1.807) is 34.9 Å². The van der Waals surface area contributed by atoms with Gasteiger partial charge in [-0.05, 0) is 55.9 Å². The number of hydrogen-bond donors (Lipinski definition) is 2. The van der Waals surface area contributed by atoms with Crippen LogP contribution < -0.4 is 10.6 Å². The lowest BCUT2D eigenvalue weighted by molar-refractivity contribution is -0.148. The van der Waals surface area contributed by atoms with Gasteiger partial charge in [0.1, 0.15) is 30.2 Å². The predicted octanol–water partition coefficient (Wildman–Crippen LogP) is 3.48. The number of hydrogen-bond acceptors (Lipinski definition) is 6. The largest absolute Gasteiger partial charge is 0.342 e. The van der Waals surface area contributed by atoms with Crippen molar-refractivity contribution in [2.45, 2.75) is 124 Å². The molecule has 0 radical (unpaired) electrons. The summed E-state index contributed by atoms with van der Waals surface area (Å²) in [7, 11) is 4.66. The predicted molar refractivity (Wildman–Crippen MR) is 199 cm³/mol. The molecular formula is C39H64N6O6. The van der Waals surface area contributed by atoms with E-state index in [0.717, 1.165) is 24.8 Å². The molecule has 51 heavy (non-hydrogen) atoms. The second-order valence-corrected chi connectivity index (χ2v) is 15.0. The summed E-state index contributed by atoms with van der Waals surface area (Å²) < 4.78 is 0. The monoisotopic (exact) mass is 712 g/mol. The zero-order chi connectivity index (χ0) is 38.6. The van der Waals surface area contributed by atoms with Gasteiger partial charge in [0.25, 0.3) is 0 Å². The molecular weight excluding hydrogens is 648 g/mol. The first-order valence-electron chi connectivity index (χ1n) is 18.6. The SMILES string of the molecule is CC[C@H](C)[C@H](NC(=O)[C@H](C)N(C)C(=O)[C@@H](NC(=O)[C@H](Cc1ccccc1)N(C)C(=O)[C@H](CC(C)C)N(C)C(C)=O)C(C)C)C(=O)N1CCCCC1. The van der Waals surface area contributed by atoms with E-state index in [1.807, 2.05) is 62.9 Å². The van der Waals surface area contributed by atoms with Crippen LogP contribution in [0, 0.1) is 17.8 Å². The van der Waals surface area contributed by atoms with Gasteiger partial charge in [-0.25, -0.2) is 0 Å². The summed E-state index contributed by atoms with van der Waals surface area (Å²) in [5.74, 6) is -2.52. The molecule has 286 valence electrons. The van der Waals surface area contributed by atoms with Crippen molar-refractivity contribution in [1.29, 1.82) is 0 Å². The highest BCUT2D eigenvalue weighted by molar-refractivity contribution is 5.96. The first-order chi connectivity index (χ1) is 23.9. The van der Waals surface area contributed by atoms with Crippen molar-refractivity contribution in [2.75, 3.05) is 34.2 Å². The Labute approximate surface area is 306 Å². The number of amides is 6. The molecule has 0 unspecified atom stereocenters. The molecule has 6 atom stereocenters. The van der Waals surface area contributed by atoms with Crippen LogP contribution in [0.15, 0.2) is 30.3 Å². The molecule has 0 aliphatic carbocycles. The number of benzene rings is 1. The fourth-order valence-corrected chi connectivity index (χ4v) is 6.34. The second kappa shape index (κ2) is 20.2. The third kappa shape index (κ3) is 12.1. The fourth-order valence-electron chi connectivity index (χ4n) is 6.34. The molecule has 0 spiro atoms. The number of likely N-dealkylation sites (tertiary alicyclic amines) is 1. The summed E-state index contributed by atoms with van der Waals surface area (Å²) in [6.07, 6.45) is 4.25. The van der Waals surface area contributed by atoms with Crippen LogP contribution in [0.3, 0.4) is 0 Å². The maximum atomic E-state index is 14.2. The molecule has 1 aliphatic rings. The molecule has 2 N–H and O–H groups in total. The Balaban J connectivity index is 2.33. The smallest absolute Gasteiger partial charge is 0.245 e. The standard InChI is InChI=1S/C39H64N6O6/c1-12-27(6)34(39(51)45-21-17-14-18-22-45)41-35(47)28(7)42(9)38(50)33(26(4)5)40-36(48)31(24-30-19-15-13-16-20-30)44(11)37(49)32(23-25(2)3)43(10)29(8)46/h13,15-16,19-20,25-28,31-34H,12,14,17-18,21-24H2,1-11H3,(H,40,48)(H,41,47)/t27-,28-,31-,32-,33-,34-/m0/s1. The van der Waals surface area contributed by atoms with Gasteiger partial charge in [0.05, 0.1) is 0 Å². The van der Waals surface area contributed by atoms with Crippen molar-refractivity contribution in [3.05, 3.63) is 35.9 Å². The lowest BCUT2D eigenvalue weighted by Gasteiger charge is -2.36. The Hall–Kier alpha value is -3.96. The van der Waals surface area contributed by atoms with E-state index in [0.29, 0.717) is 25.9 Å². The minimum atomic E-state index is -1.01. The minimum Gasteiger partial charge on any atom is -0.342 e. The summed E-state index contributed by atoms with van der Waals surface area (Å²) in [6, 6.07) is 4.90. The summed E-state index contributed by atoms with van der Waals surface area (Å²) in [6.45, 7) is 15.8. The highest BCUT2D eigenvalue weighted by Crippen LogP contribution is 2.19. The average molecular weight is 713 g/mol. The second-order valence-electron chi connectivity index (χ2n) is 15.0. The van der Waals surface area contributed by atoms with Crippen molar-refractivity contribution in [2.24, 2.45) is 17.8 Å². The summed E-state index contributed by atoms with van der Waals surface area (Å²) >= 11 is 0. The van der Waals surface area contributed by atoms with Gasteiger partial charge >= 0.3 is 0 Å². The number of carbonyl (C=O) groups is 6. The molecule has 0 bridgehead atoms. The molecule has 0 saturated carbocycles. The minimum absolute atomic E-state index is 0.0980. The van der Waals surface area contributed by atoms with Crippen LogP contribution in [-0.4, -0.2) is 119 Å². The van der Waals surface area contributed by atoms with E-state index in [2.05, 4.69) is 10.6 Å². The van der Waals surface area contributed by atoms with E-state index < -0.39 is 47.9 Å². The van der Waals surface area contributed by atoms with Crippen molar-refractivity contribution in [3.8, 4) is 0 Å². The number of rotatable bonds is 17. The van der Waals surface area contributed by atoms with Crippen LogP contribution in [0.2, 0.25) is 0 Å². The van der Waals surface area contributed by atoms with E-state index in [4.69, 9.17) is 0 Å². The number of likely N-dealkylation sites (N-methyl/N-ethyl adjacent to an activating group) is 3. The maximum Gasteiger partial charge on any atom is 0.245 e. The van der Waals surface area contributed by atoms with Gasteiger partial charge < -0.3 is 30.2 Å². The van der Waals surface area contributed by atoms with Crippen molar-refractivity contribution in [3.63, 3.8) is 0 Å². The molecule has 12 heteroatoms. The molecule has 1 aromatic rings. The summed E-state index contributed by atoms with van der Waals surface area (Å²) in [5.41, 5.74) is 0.822. The number of nitrogens with one attached hydrogen (secondary N) is 2. The number of nitrogens with zero attached hydrogens (tertiary/aromatic N) is 4. The van der Waals surface area contributed by atoms with Gasteiger partial charge in [0, 0.05) is 47.6 Å². The number of carbonyl (C=O) groups excluding carboxylic acids is 6.